The van der Waals surface area contributed by atoms with E-state index in [2.05, 4.69) is 34.8 Å². The molecular formula is C13H21N3O. The van der Waals surface area contributed by atoms with Gasteiger partial charge in [0.15, 0.2) is 0 Å². The van der Waals surface area contributed by atoms with Gasteiger partial charge in [-0.05, 0) is 19.3 Å². The molecule has 4 heteroatoms. The zero-order valence-corrected chi connectivity index (χ0v) is 10.9. The van der Waals surface area contributed by atoms with Gasteiger partial charge >= 0.3 is 0 Å². The summed E-state index contributed by atoms with van der Waals surface area (Å²) >= 11 is 0. The zero-order valence-electron chi connectivity index (χ0n) is 10.9. The maximum atomic E-state index is 5.37. The van der Waals surface area contributed by atoms with Gasteiger partial charge in [-0.3, -0.25) is 0 Å². The zero-order chi connectivity index (χ0) is 12.3. The molecular weight excluding hydrogens is 214 g/mol. The summed E-state index contributed by atoms with van der Waals surface area (Å²) in [5, 5.41) is 0. The van der Waals surface area contributed by atoms with E-state index in [4.69, 9.17) is 4.74 Å². The van der Waals surface area contributed by atoms with Crippen LogP contribution in [0.4, 0.5) is 5.82 Å². The lowest BCUT2D eigenvalue weighted by Gasteiger charge is -2.28. The van der Waals surface area contributed by atoms with Crippen molar-refractivity contribution in [1.29, 1.82) is 0 Å². The number of morpholine rings is 1. The van der Waals surface area contributed by atoms with Crippen molar-refractivity contribution in [3.8, 4) is 0 Å². The first-order valence-corrected chi connectivity index (χ1v) is 6.39. The summed E-state index contributed by atoms with van der Waals surface area (Å²) in [7, 11) is 0. The number of nitrogens with zero attached hydrogens (tertiary/aromatic N) is 3. The summed E-state index contributed by atoms with van der Waals surface area (Å²) in [6.07, 6.45) is 1.11. The summed E-state index contributed by atoms with van der Waals surface area (Å²) in [6.45, 7) is 9.81. The third kappa shape index (κ3) is 2.94. The minimum absolute atomic E-state index is 0.497. The standard InChI is InChI=1S/C13H21N3O/c1-4-10(2)12-9-13(15-11(3)14-12)16-5-7-17-8-6-16/h9-10H,4-8H2,1-3H3. The van der Waals surface area contributed by atoms with Gasteiger partial charge < -0.3 is 9.64 Å². The SMILES string of the molecule is CCC(C)c1cc(N2CCOCC2)nc(C)n1. The van der Waals surface area contributed by atoms with Gasteiger partial charge in [0.05, 0.1) is 13.2 Å². The summed E-state index contributed by atoms with van der Waals surface area (Å²) in [5.74, 6) is 2.41. The third-order valence-corrected chi connectivity index (χ3v) is 3.30. The second kappa shape index (κ2) is 5.45. The predicted octanol–water partition coefficient (Wildman–Crippen LogP) is 2.14. The van der Waals surface area contributed by atoms with Crippen LogP contribution in [0.15, 0.2) is 6.07 Å². The average molecular weight is 235 g/mol. The van der Waals surface area contributed by atoms with Gasteiger partial charge in [0.1, 0.15) is 11.6 Å². The number of aryl methyl sites for hydroxylation is 1. The van der Waals surface area contributed by atoms with Crippen molar-refractivity contribution in [1.82, 2.24) is 9.97 Å². The first kappa shape index (κ1) is 12.3. The van der Waals surface area contributed by atoms with Crippen LogP contribution in [0, 0.1) is 6.92 Å². The van der Waals surface area contributed by atoms with Crippen LogP contribution < -0.4 is 4.90 Å². The van der Waals surface area contributed by atoms with Crippen LogP contribution in [-0.4, -0.2) is 36.3 Å². The van der Waals surface area contributed by atoms with Gasteiger partial charge in [-0.15, -0.1) is 0 Å². The Kier molecular flexibility index (Phi) is 3.94. The fourth-order valence-corrected chi connectivity index (χ4v) is 1.99. The number of aromatic nitrogens is 2. The Balaban J connectivity index is 2.24. The Morgan fingerprint density at radius 1 is 1.35 bits per heavy atom. The first-order valence-electron chi connectivity index (χ1n) is 6.39. The molecule has 0 aliphatic carbocycles. The molecule has 0 radical (unpaired) electrons. The van der Waals surface area contributed by atoms with E-state index in [9.17, 15) is 0 Å². The quantitative estimate of drug-likeness (QED) is 0.804. The molecule has 1 fully saturated rings. The number of hydrogen-bond donors (Lipinski definition) is 0. The summed E-state index contributed by atoms with van der Waals surface area (Å²) in [4.78, 5) is 11.3. The van der Waals surface area contributed by atoms with Gasteiger partial charge in [0.2, 0.25) is 0 Å². The van der Waals surface area contributed by atoms with Crippen LogP contribution >= 0.6 is 0 Å². The fourth-order valence-electron chi connectivity index (χ4n) is 1.99. The van der Waals surface area contributed by atoms with Gasteiger partial charge in [0, 0.05) is 24.8 Å². The molecule has 0 amide bonds. The lowest BCUT2D eigenvalue weighted by molar-refractivity contribution is 0.122. The Bertz CT molecular complexity index is 375. The van der Waals surface area contributed by atoms with Crippen molar-refractivity contribution in [2.24, 2.45) is 0 Å². The molecule has 1 aromatic rings. The molecule has 0 bridgehead atoms. The molecule has 2 heterocycles. The van der Waals surface area contributed by atoms with Crippen molar-refractivity contribution in [2.75, 3.05) is 31.2 Å². The molecule has 1 aliphatic rings. The maximum Gasteiger partial charge on any atom is 0.132 e. The molecule has 94 valence electrons. The van der Waals surface area contributed by atoms with E-state index >= 15 is 0 Å². The summed E-state index contributed by atoms with van der Waals surface area (Å²) in [6, 6.07) is 2.13. The molecule has 0 aromatic carbocycles. The van der Waals surface area contributed by atoms with Gasteiger partial charge in [-0.2, -0.15) is 0 Å². The monoisotopic (exact) mass is 235 g/mol. The van der Waals surface area contributed by atoms with E-state index in [1.165, 1.54) is 0 Å². The van der Waals surface area contributed by atoms with E-state index < -0.39 is 0 Å². The van der Waals surface area contributed by atoms with Crippen molar-refractivity contribution in [3.63, 3.8) is 0 Å². The molecule has 0 N–H and O–H groups in total. The van der Waals surface area contributed by atoms with E-state index in [0.717, 1.165) is 50.1 Å². The highest BCUT2D eigenvalue weighted by Gasteiger charge is 2.15. The van der Waals surface area contributed by atoms with Crippen molar-refractivity contribution >= 4 is 5.82 Å². The van der Waals surface area contributed by atoms with E-state index in [1.54, 1.807) is 0 Å². The van der Waals surface area contributed by atoms with Crippen LogP contribution in [-0.2, 0) is 4.74 Å². The Morgan fingerprint density at radius 3 is 2.71 bits per heavy atom. The minimum Gasteiger partial charge on any atom is -0.378 e. The van der Waals surface area contributed by atoms with E-state index in [-0.39, 0.29) is 0 Å². The molecule has 1 aromatic heterocycles. The van der Waals surface area contributed by atoms with Crippen molar-refractivity contribution < 1.29 is 4.74 Å². The number of anilines is 1. The van der Waals surface area contributed by atoms with Crippen molar-refractivity contribution in [2.45, 2.75) is 33.1 Å². The first-order chi connectivity index (χ1) is 8.20. The lowest BCUT2D eigenvalue weighted by atomic mass is 10.0. The molecule has 1 saturated heterocycles. The summed E-state index contributed by atoms with van der Waals surface area (Å²) < 4.78 is 5.37. The summed E-state index contributed by atoms with van der Waals surface area (Å²) in [5.41, 5.74) is 1.15. The predicted molar refractivity (Wildman–Crippen MR) is 68.5 cm³/mol. The smallest absolute Gasteiger partial charge is 0.132 e. The highest BCUT2D eigenvalue weighted by molar-refractivity contribution is 5.40. The van der Waals surface area contributed by atoms with Crippen LogP contribution in [0.25, 0.3) is 0 Å². The van der Waals surface area contributed by atoms with Crippen molar-refractivity contribution in [3.05, 3.63) is 17.6 Å². The fraction of sp³-hybridized carbons (Fsp3) is 0.692. The molecule has 1 aliphatic heterocycles. The third-order valence-electron chi connectivity index (χ3n) is 3.30. The molecule has 0 spiro atoms. The molecule has 2 rings (SSSR count). The Morgan fingerprint density at radius 2 is 2.06 bits per heavy atom. The second-order valence-corrected chi connectivity index (χ2v) is 4.61. The lowest BCUT2D eigenvalue weighted by Crippen LogP contribution is -2.37. The average Bonchev–Trinajstić information content (AvgIpc) is 2.38. The van der Waals surface area contributed by atoms with Crippen LogP contribution in [0.3, 0.4) is 0 Å². The highest BCUT2D eigenvalue weighted by Crippen LogP contribution is 2.21. The Hall–Kier alpha value is -1.16. The Labute approximate surface area is 103 Å². The van der Waals surface area contributed by atoms with Gasteiger partial charge in [-0.25, -0.2) is 9.97 Å². The van der Waals surface area contributed by atoms with Gasteiger partial charge in [-0.1, -0.05) is 13.8 Å². The second-order valence-electron chi connectivity index (χ2n) is 4.61. The highest BCUT2D eigenvalue weighted by atomic mass is 16.5. The molecule has 4 nitrogen and oxygen atoms in total. The number of hydrogen-bond acceptors (Lipinski definition) is 4. The maximum absolute atomic E-state index is 5.37. The topological polar surface area (TPSA) is 38.2 Å². The number of ether oxygens (including phenoxy) is 1. The molecule has 17 heavy (non-hydrogen) atoms. The molecule has 0 saturated carbocycles. The minimum atomic E-state index is 0.497. The van der Waals surface area contributed by atoms with E-state index in [0.29, 0.717) is 5.92 Å². The van der Waals surface area contributed by atoms with Crippen LogP contribution in [0.1, 0.15) is 37.7 Å². The van der Waals surface area contributed by atoms with E-state index in [1.807, 2.05) is 6.92 Å². The largest absolute Gasteiger partial charge is 0.378 e. The van der Waals surface area contributed by atoms with Crippen LogP contribution in [0.2, 0.25) is 0 Å². The molecule has 1 unspecified atom stereocenters. The molecule has 1 atom stereocenters. The van der Waals surface area contributed by atoms with Gasteiger partial charge in [0.25, 0.3) is 0 Å². The van der Waals surface area contributed by atoms with Crippen LogP contribution in [0.5, 0.6) is 0 Å². The normalized spacial score (nSPS) is 18.2. The number of rotatable bonds is 3.